The number of sulfonamides is 1. The Morgan fingerprint density at radius 3 is 2.30 bits per heavy atom. The molecule has 0 aliphatic carbocycles. The predicted molar refractivity (Wildman–Crippen MR) is 75.1 cm³/mol. The van der Waals surface area contributed by atoms with Crippen LogP contribution in [-0.4, -0.2) is 25.2 Å². The van der Waals surface area contributed by atoms with E-state index in [1.54, 1.807) is 24.3 Å². The molecule has 0 aromatic heterocycles. The third-order valence-corrected chi connectivity index (χ3v) is 4.23. The average Bonchev–Trinajstić information content (AvgIpc) is 2.41. The van der Waals surface area contributed by atoms with Crippen molar-refractivity contribution in [1.82, 2.24) is 4.72 Å². The summed E-state index contributed by atoms with van der Waals surface area (Å²) in [7, 11) is -3.62. The molecule has 5 nitrogen and oxygen atoms in total. The molecule has 0 fully saturated rings. The fourth-order valence-corrected chi connectivity index (χ4v) is 2.80. The molecule has 106 valence electrons. The number of phenols is 2. The number of benzene rings is 2. The van der Waals surface area contributed by atoms with E-state index in [0.717, 1.165) is 5.56 Å². The summed E-state index contributed by atoms with van der Waals surface area (Å²) in [4.78, 5) is 0.0307. The zero-order valence-corrected chi connectivity index (χ0v) is 11.5. The van der Waals surface area contributed by atoms with Crippen molar-refractivity contribution in [2.24, 2.45) is 0 Å². The molecule has 0 heterocycles. The summed E-state index contributed by atoms with van der Waals surface area (Å²) in [6, 6.07) is 12.1. The maximum Gasteiger partial charge on any atom is 0.240 e. The molecular formula is C14H15NO4S. The molecular weight excluding hydrogens is 278 g/mol. The third-order valence-electron chi connectivity index (χ3n) is 2.77. The van der Waals surface area contributed by atoms with E-state index in [-0.39, 0.29) is 22.9 Å². The van der Waals surface area contributed by atoms with Crippen molar-refractivity contribution in [3.8, 4) is 11.5 Å². The van der Waals surface area contributed by atoms with Crippen LogP contribution in [0.2, 0.25) is 0 Å². The molecule has 0 saturated carbocycles. The molecule has 0 unspecified atom stereocenters. The van der Waals surface area contributed by atoms with Gasteiger partial charge in [0.15, 0.2) is 0 Å². The lowest BCUT2D eigenvalue weighted by atomic mass is 10.1. The van der Waals surface area contributed by atoms with Crippen molar-refractivity contribution in [3.05, 3.63) is 54.1 Å². The van der Waals surface area contributed by atoms with Crippen LogP contribution in [0.5, 0.6) is 11.5 Å². The molecule has 0 spiro atoms. The number of hydrogen-bond donors (Lipinski definition) is 3. The molecule has 0 amide bonds. The van der Waals surface area contributed by atoms with E-state index in [2.05, 4.69) is 4.72 Å². The summed E-state index contributed by atoms with van der Waals surface area (Å²) < 4.78 is 26.4. The topological polar surface area (TPSA) is 86.6 Å². The van der Waals surface area contributed by atoms with Gasteiger partial charge in [-0.25, -0.2) is 13.1 Å². The van der Waals surface area contributed by atoms with Crippen LogP contribution in [0, 0.1) is 0 Å². The van der Waals surface area contributed by atoms with Crippen molar-refractivity contribution in [3.63, 3.8) is 0 Å². The van der Waals surface area contributed by atoms with Crippen molar-refractivity contribution in [2.45, 2.75) is 11.3 Å². The standard InChI is InChI=1S/C14H15NO4S/c16-12-6-4-11(5-7-12)8-9-15-20(18,19)14-3-1-2-13(17)10-14/h1-7,10,15-17H,8-9H2. The van der Waals surface area contributed by atoms with Gasteiger partial charge >= 0.3 is 0 Å². The van der Waals surface area contributed by atoms with Crippen LogP contribution in [0.3, 0.4) is 0 Å². The van der Waals surface area contributed by atoms with Crippen molar-refractivity contribution in [2.75, 3.05) is 6.54 Å². The number of hydrogen-bond acceptors (Lipinski definition) is 4. The van der Waals surface area contributed by atoms with Gasteiger partial charge in [-0.15, -0.1) is 0 Å². The van der Waals surface area contributed by atoms with Gasteiger partial charge < -0.3 is 10.2 Å². The van der Waals surface area contributed by atoms with E-state index >= 15 is 0 Å². The van der Waals surface area contributed by atoms with Gasteiger partial charge in [-0.1, -0.05) is 18.2 Å². The molecule has 6 heteroatoms. The summed E-state index contributed by atoms with van der Waals surface area (Å²) in [5, 5.41) is 18.4. The first kappa shape index (κ1) is 14.4. The number of rotatable bonds is 5. The van der Waals surface area contributed by atoms with E-state index in [4.69, 9.17) is 5.11 Å². The Hall–Kier alpha value is -2.05. The van der Waals surface area contributed by atoms with Crippen molar-refractivity contribution < 1.29 is 18.6 Å². The minimum absolute atomic E-state index is 0.0307. The molecule has 3 N–H and O–H groups in total. The maximum absolute atomic E-state index is 12.0. The highest BCUT2D eigenvalue weighted by Crippen LogP contribution is 2.15. The second kappa shape index (κ2) is 5.94. The summed E-state index contributed by atoms with van der Waals surface area (Å²) in [5.41, 5.74) is 0.918. The zero-order chi connectivity index (χ0) is 14.6. The first-order chi connectivity index (χ1) is 9.47. The molecule has 0 saturated heterocycles. The van der Waals surface area contributed by atoms with Crippen molar-refractivity contribution >= 4 is 10.0 Å². The minimum Gasteiger partial charge on any atom is -0.508 e. The highest BCUT2D eigenvalue weighted by atomic mass is 32.2. The second-order valence-corrected chi connectivity index (χ2v) is 6.08. The lowest BCUT2D eigenvalue weighted by Crippen LogP contribution is -2.25. The zero-order valence-electron chi connectivity index (χ0n) is 10.7. The molecule has 0 bridgehead atoms. The van der Waals surface area contributed by atoms with Gasteiger partial charge in [-0.3, -0.25) is 0 Å². The smallest absolute Gasteiger partial charge is 0.240 e. The van der Waals surface area contributed by atoms with E-state index in [9.17, 15) is 13.5 Å². The molecule has 2 aromatic carbocycles. The summed E-state index contributed by atoms with van der Waals surface area (Å²) in [6.07, 6.45) is 0.512. The Morgan fingerprint density at radius 1 is 0.950 bits per heavy atom. The normalized spacial score (nSPS) is 11.4. The second-order valence-electron chi connectivity index (χ2n) is 4.31. The lowest BCUT2D eigenvalue weighted by Gasteiger charge is -2.07. The SMILES string of the molecule is O=S(=O)(NCCc1ccc(O)cc1)c1cccc(O)c1. The highest BCUT2D eigenvalue weighted by molar-refractivity contribution is 7.89. The van der Waals surface area contributed by atoms with Crippen LogP contribution < -0.4 is 4.72 Å². The molecule has 2 aromatic rings. The number of phenolic OH excluding ortho intramolecular Hbond substituents is 2. The Bertz CT molecular complexity index is 681. The summed E-state index contributed by atoms with van der Waals surface area (Å²) >= 11 is 0. The van der Waals surface area contributed by atoms with Gasteiger partial charge in [0, 0.05) is 6.54 Å². The van der Waals surface area contributed by atoms with Gasteiger partial charge in [-0.2, -0.15) is 0 Å². The van der Waals surface area contributed by atoms with Gasteiger partial charge in [0.1, 0.15) is 11.5 Å². The fourth-order valence-electron chi connectivity index (χ4n) is 1.73. The average molecular weight is 293 g/mol. The van der Waals surface area contributed by atoms with Crippen LogP contribution in [0.4, 0.5) is 0 Å². The van der Waals surface area contributed by atoms with Crippen LogP contribution in [-0.2, 0) is 16.4 Å². The van der Waals surface area contributed by atoms with Gasteiger partial charge in [0.25, 0.3) is 0 Å². The fraction of sp³-hybridized carbons (Fsp3) is 0.143. The molecule has 0 radical (unpaired) electrons. The van der Waals surface area contributed by atoms with Crippen LogP contribution >= 0.6 is 0 Å². The molecule has 2 rings (SSSR count). The van der Waals surface area contributed by atoms with E-state index in [1.807, 2.05) is 0 Å². The minimum atomic E-state index is -3.62. The number of nitrogens with one attached hydrogen (secondary N) is 1. The van der Waals surface area contributed by atoms with Gasteiger partial charge in [0.05, 0.1) is 4.90 Å². The van der Waals surface area contributed by atoms with Crippen LogP contribution in [0.1, 0.15) is 5.56 Å². The molecule has 0 atom stereocenters. The summed E-state index contributed by atoms with van der Waals surface area (Å²) in [5.74, 6) is 0.0838. The van der Waals surface area contributed by atoms with E-state index in [1.165, 1.54) is 24.3 Å². The van der Waals surface area contributed by atoms with E-state index in [0.29, 0.717) is 6.42 Å². The van der Waals surface area contributed by atoms with Crippen molar-refractivity contribution in [1.29, 1.82) is 0 Å². The molecule has 0 aliphatic heterocycles. The maximum atomic E-state index is 12.0. The van der Waals surface area contributed by atoms with Gasteiger partial charge in [0.2, 0.25) is 10.0 Å². The van der Waals surface area contributed by atoms with E-state index < -0.39 is 10.0 Å². The highest BCUT2D eigenvalue weighted by Gasteiger charge is 2.13. The molecule has 0 aliphatic rings. The monoisotopic (exact) mass is 293 g/mol. The van der Waals surface area contributed by atoms with Crippen LogP contribution in [0.15, 0.2) is 53.4 Å². The lowest BCUT2D eigenvalue weighted by molar-refractivity contribution is 0.473. The van der Waals surface area contributed by atoms with Gasteiger partial charge in [-0.05, 0) is 42.3 Å². The Kier molecular flexibility index (Phi) is 4.26. The Labute approximate surface area is 117 Å². The number of aromatic hydroxyl groups is 2. The largest absolute Gasteiger partial charge is 0.508 e. The predicted octanol–water partition coefficient (Wildman–Crippen LogP) is 1.62. The first-order valence-corrected chi connectivity index (χ1v) is 7.52. The molecule has 20 heavy (non-hydrogen) atoms. The first-order valence-electron chi connectivity index (χ1n) is 6.04. The Morgan fingerprint density at radius 2 is 1.65 bits per heavy atom. The third kappa shape index (κ3) is 3.72. The Balaban J connectivity index is 1.98. The quantitative estimate of drug-likeness (QED) is 0.782. The van der Waals surface area contributed by atoms with Crippen LogP contribution in [0.25, 0.3) is 0 Å². The summed E-state index contributed by atoms with van der Waals surface area (Å²) in [6.45, 7) is 0.239.